The summed E-state index contributed by atoms with van der Waals surface area (Å²) < 4.78 is 72.0. The molecule has 0 unspecified atom stereocenters. The van der Waals surface area contributed by atoms with Crippen LogP contribution in [-0.4, -0.2) is 18.9 Å². The Labute approximate surface area is 86.1 Å². The van der Waals surface area contributed by atoms with Crippen LogP contribution in [-0.2, 0) is 0 Å². The average Bonchev–Trinajstić information content (AvgIpc) is 2.14. The Morgan fingerprint density at radius 2 is 1.44 bits per heavy atom. The van der Waals surface area contributed by atoms with E-state index in [9.17, 15) is 30.9 Å². The van der Waals surface area contributed by atoms with E-state index in [-0.39, 0.29) is 0 Å². The Morgan fingerprint density at radius 3 is 1.75 bits per heavy atom. The summed E-state index contributed by atoms with van der Waals surface area (Å²) >= 11 is 0. The topological polar surface area (TPSA) is 17.1 Å². The van der Waals surface area contributed by atoms with Gasteiger partial charge in [0.2, 0.25) is 0 Å². The second-order valence-corrected chi connectivity index (χ2v) is 3.02. The van der Waals surface area contributed by atoms with Gasteiger partial charge in [-0.2, -0.15) is 13.2 Å². The molecule has 0 bridgehead atoms. The zero-order chi connectivity index (χ0) is 12.6. The van der Waals surface area contributed by atoms with E-state index in [4.69, 9.17) is 0 Å². The minimum atomic E-state index is -5.26. The number of hydrogen-bond donors (Lipinski definition) is 0. The summed E-state index contributed by atoms with van der Waals surface area (Å²) in [4.78, 5) is 10.6. The second-order valence-electron chi connectivity index (χ2n) is 3.02. The highest BCUT2D eigenvalue weighted by Crippen LogP contribution is 2.21. The predicted octanol–water partition coefficient (Wildman–Crippen LogP) is 2.49. The fourth-order valence-corrected chi connectivity index (χ4v) is 1.02. The third-order valence-corrected chi connectivity index (χ3v) is 1.81. The van der Waals surface area contributed by atoms with Gasteiger partial charge in [-0.3, -0.25) is 4.79 Å². The van der Waals surface area contributed by atoms with Crippen molar-refractivity contribution in [3.63, 3.8) is 0 Å². The van der Waals surface area contributed by atoms with Crippen LogP contribution in [0.25, 0.3) is 0 Å². The molecule has 1 rings (SSSR count). The molecular formula is C8H4BF6O-. The maximum absolute atomic E-state index is 12.1. The first-order chi connectivity index (χ1) is 7.12. The quantitative estimate of drug-likeness (QED) is 0.441. The molecule has 0 aliphatic heterocycles. The lowest BCUT2D eigenvalue weighted by Gasteiger charge is -2.14. The van der Waals surface area contributed by atoms with Crippen molar-refractivity contribution >= 4 is 18.2 Å². The molecule has 0 fully saturated rings. The van der Waals surface area contributed by atoms with Gasteiger partial charge in [-0.05, 0) is 0 Å². The Hall–Kier alpha value is -1.47. The Balaban J connectivity index is 3.01. The first-order valence-corrected chi connectivity index (χ1v) is 4.04. The van der Waals surface area contributed by atoms with Crippen LogP contribution < -0.4 is 5.46 Å². The molecule has 0 amide bonds. The number of alkyl halides is 3. The lowest BCUT2D eigenvalue weighted by atomic mass is 9.80. The van der Waals surface area contributed by atoms with Gasteiger partial charge in [0.15, 0.2) is 0 Å². The molecule has 0 aliphatic rings. The third-order valence-electron chi connectivity index (χ3n) is 1.81. The monoisotopic (exact) mass is 241 g/mol. The third kappa shape index (κ3) is 2.77. The number of benzene rings is 1. The van der Waals surface area contributed by atoms with Crippen LogP contribution >= 0.6 is 0 Å². The minimum absolute atomic E-state index is 0.457. The van der Waals surface area contributed by atoms with E-state index in [0.29, 0.717) is 24.3 Å². The van der Waals surface area contributed by atoms with Crippen molar-refractivity contribution in [3.05, 3.63) is 29.8 Å². The zero-order valence-corrected chi connectivity index (χ0v) is 7.56. The van der Waals surface area contributed by atoms with Crippen LogP contribution in [0.2, 0.25) is 0 Å². The zero-order valence-electron chi connectivity index (χ0n) is 7.56. The van der Waals surface area contributed by atoms with Crippen molar-refractivity contribution in [2.45, 2.75) is 6.18 Å². The second kappa shape index (κ2) is 3.84. The molecule has 16 heavy (non-hydrogen) atoms. The molecule has 0 spiro atoms. The van der Waals surface area contributed by atoms with Crippen molar-refractivity contribution in [1.29, 1.82) is 0 Å². The summed E-state index contributed by atoms with van der Waals surface area (Å²) in [6.07, 6.45) is -5.08. The van der Waals surface area contributed by atoms with E-state index in [1.54, 1.807) is 0 Å². The number of carbonyl (C=O) groups is 1. The molecule has 0 radical (unpaired) electrons. The summed E-state index contributed by atoms with van der Waals surface area (Å²) in [6, 6.07) is 1.94. The summed E-state index contributed by atoms with van der Waals surface area (Å²) in [5, 5.41) is 0. The van der Waals surface area contributed by atoms with Gasteiger partial charge in [0, 0.05) is 5.56 Å². The lowest BCUT2D eigenvalue weighted by Crippen LogP contribution is -2.34. The normalized spacial score (nSPS) is 12.6. The van der Waals surface area contributed by atoms with Crippen LogP contribution in [0.15, 0.2) is 24.3 Å². The molecule has 8 heteroatoms. The van der Waals surface area contributed by atoms with Crippen molar-refractivity contribution in [1.82, 2.24) is 0 Å². The molecule has 1 aromatic carbocycles. The highest BCUT2D eigenvalue weighted by atomic mass is 19.4. The average molecular weight is 241 g/mol. The van der Waals surface area contributed by atoms with Crippen molar-refractivity contribution < 1.29 is 30.9 Å². The molecule has 0 N–H and O–H groups in total. The summed E-state index contributed by atoms with van der Waals surface area (Å²) in [5.74, 6) is -2.16. The number of Topliss-reactive ketones (excluding diaryl/α,β-unsaturated/α-hetero) is 1. The first-order valence-electron chi connectivity index (χ1n) is 4.04. The van der Waals surface area contributed by atoms with E-state index in [2.05, 4.69) is 0 Å². The molecule has 0 aromatic heterocycles. The van der Waals surface area contributed by atoms with E-state index in [1.807, 2.05) is 0 Å². The number of rotatable bonds is 2. The molecule has 0 heterocycles. The summed E-state index contributed by atoms with van der Waals surface area (Å²) in [5.41, 5.74) is -1.85. The Bertz CT molecular complexity index is 390. The molecule has 0 saturated carbocycles. The minimum Gasteiger partial charge on any atom is -0.445 e. The van der Waals surface area contributed by atoms with Crippen LogP contribution in [0, 0.1) is 0 Å². The number of ketones is 1. The first kappa shape index (κ1) is 12.6. The largest absolute Gasteiger partial charge is 0.509 e. The molecule has 0 saturated heterocycles. The number of carbonyl (C=O) groups excluding carboxylic acids is 1. The van der Waals surface area contributed by atoms with E-state index >= 15 is 0 Å². The molecule has 0 atom stereocenters. The maximum Gasteiger partial charge on any atom is 0.509 e. The molecule has 88 valence electrons. The van der Waals surface area contributed by atoms with Gasteiger partial charge >= 0.3 is 13.2 Å². The SMILES string of the molecule is O=C(c1ccc([B-](F)(F)F)cc1)C(F)(F)F. The fraction of sp³-hybridized carbons (Fsp3) is 0.125. The highest BCUT2D eigenvalue weighted by molar-refractivity contribution is 6.73. The predicted molar refractivity (Wildman–Crippen MR) is 45.5 cm³/mol. The van der Waals surface area contributed by atoms with Crippen molar-refractivity contribution in [3.8, 4) is 0 Å². The van der Waals surface area contributed by atoms with Crippen molar-refractivity contribution in [2.24, 2.45) is 0 Å². The van der Waals surface area contributed by atoms with E-state index in [1.165, 1.54) is 0 Å². The lowest BCUT2D eigenvalue weighted by molar-refractivity contribution is -0.0885. The molecule has 1 nitrogen and oxygen atoms in total. The standard InChI is InChI=1S/C8H4BF6O/c10-8(11,12)7(16)5-1-3-6(4-2-5)9(13,14)15/h1-4H/q-1. The Kier molecular flexibility index (Phi) is 3.02. The summed E-state index contributed by atoms with van der Waals surface area (Å²) in [6.45, 7) is -5.26. The van der Waals surface area contributed by atoms with Gasteiger partial charge in [-0.15, -0.1) is 5.46 Å². The van der Waals surface area contributed by atoms with Crippen LogP contribution in [0.4, 0.5) is 26.1 Å². The molecular weight excluding hydrogens is 237 g/mol. The maximum atomic E-state index is 12.1. The highest BCUT2D eigenvalue weighted by Gasteiger charge is 2.39. The van der Waals surface area contributed by atoms with Crippen molar-refractivity contribution in [2.75, 3.05) is 0 Å². The van der Waals surface area contributed by atoms with E-state index in [0.717, 1.165) is 0 Å². The van der Waals surface area contributed by atoms with Gasteiger partial charge in [0.1, 0.15) is 0 Å². The van der Waals surface area contributed by atoms with Gasteiger partial charge in [-0.1, -0.05) is 24.3 Å². The van der Waals surface area contributed by atoms with Gasteiger partial charge < -0.3 is 12.9 Å². The Morgan fingerprint density at radius 1 is 1.00 bits per heavy atom. The van der Waals surface area contributed by atoms with Gasteiger partial charge in [0.25, 0.3) is 5.78 Å². The van der Waals surface area contributed by atoms with E-state index < -0.39 is 30.0 Å². The smallest absolute Gasteiger partial charge is 0.445 e. The number of halogens is 6. The molecule has 1 aromatic rings. The van der Waals surface area contributed by atoms with Crippen LogP contribution in [0.1, 0.15) is 10.4 Å². The fourth-order valence-electron chi connectivity index (χ4n) is 1.02. The van der Waals surface area contributed by atoms with Crippen LogP contribution in [0.3, 0.4) is 0 Å². The van der Waals surface area contributed by atoms with Gasteiger partial charge in [0.05, 0.1) is 0 Å². The van der Waals surface area contributed by atoms with Crippen LogP contribution in [0.5, 0.6) is 0 Å². The summed E-state index contributed by atoms with van der Waals surface area (Å²) in [7, 11) is 0. The van der Waals surface area contributed by atoms with Gasteiger partial charge in [-0.25, -0.2) is 0 Å². The number of hydrogen-bond acceptors (Lipinski definition) is 1. The molecule has 0 aliphatic carbocycles.